The second-order valence-electron chi connectivity index (χ2n) is 5.97. The van der Waals surface area contributed by atoms with Crippen LogP contribution in [0.2, 0.25) is 5.02 Å². The van der Waals surface area contributed by atoms with Gasteiger partial charge in [-0.1, -0.05) is 35.9 Å². The van der Waals surface area contributed by atoms with Crippen molar-refractivity contribution in [2.45, 2.75) is 19.0 Å². The average Bonchev–Trinajstić information content (AvgIpc) is 2.56. The van der Waals surface area contributed by atoms with Crippen LogP contribution in [0, 0.1) is 5.82 Å². The fourth-order valence-corrected chi connectivity index (χ4v) is 3.15. The second kappa shape index (κ2) is 7.21. The van der Waals surface area contributed by atoms with Gasteiger partial charge in [-0.3, -0.25) is 14.5 Å². The van der Waals surface area contributed by atoms with Crippen LogP contribution >= 0.6 is 11.6 Å². The number of benzene rings is 2. The van der Waals surface area contributed by atoms with Crippen molar-refractivity contribution < 1.29 is 14.0 Å². The molecule has 7 heteroatoms. The lowest BCUT2D eigenvalue weighted by atomic mass is 9.93. The maximum absolute atomic E-state index is 13.8. The summed E-state index contributed by atoms with van der Waals surface area (Å²) in [5, 5.41) is 2.75. The molecule has 1 heterocycles. The number of nitrogens with one attached hydrogen (secondary N) is 1. The summed E-state index contributed by atoms with van der Waals surface area (Å²) in [6, 6.07) is 11.2. The maximum Gasteiger partial charge on any atom is 0.238 e. The third kappa shape index (κ3) is 3.97. The van der Waals surface area contributed by atoms with Crippen LogP contribution in [0.25, 0.3) is 0 Å². The summed E-state index contributed by atoms with van der Waals surface area (Å²) in [6.45, 7) is 0.365. The minimum atomic E-state index is -0.615. The molecule has 130 valence electrons. The van der Waals surface area contributed by atoms with Gasteiger partial charge in [0.15, 0.2) is 0 Å². The minimum Gasteiger partial charge on any atom is -0.368 e. The summed E-state index contributed by atoms with van der Waals surface area (Å²) in [4.78, 5) is 25.8. The number of nitrogens with zero attached hydrogens (tertiary/aromatic N) is 1. The van der Waals surface area contributed by atoms with Crippen molar-refractivity contribution in [2.24, 2.45) is 5.73 Å². The van der Waals surface area contributed by atoms with Crippen LogP contribution in [-0.2, 0) is 22.6 Å². The predicted molar refractivity (Wildman–Crippen MR) is 93.6 cm³/mol. The van der Waals surface area contributed by atoms with Gasteiger partial charge in [0.05, 0.1) is 18.3 Å². The van der Waals surface area contributed by atoms with E-state index < -0.39 is 23.7 Å². The first kappa shape index (κ1) is 17.4. The van der Waals surface area contributed by atoms with E-state index in [2.05, 4.69) is 5.32 Å². The number of rotatable bonds is 4. The number of hydrogen-bond donors (Lipinski definition) is 2. The van der Waals surface area contributed by atoms with Crippen molar-refractivity contribution in [3.8, 4) is 0 Å². The van der Waals surface area contributed by atoms with Crippen LogP contribution in [-0.4, -0.2) is 29.3 Å². The lowest BCUT2D eigenvalue weighted by molar-refractivity contribution is -0.125. The first-order valence-corrected chi connectivity index (χ1v) is 8.17. The SMILES string of the molecule is NC(=O)[C@@H]1Cc2ccccc2CN1CC(=O)Nc1ccc(Cl)cc1F. The third-order valence-corrected chi connectivity index (χ3v) is 4.46. The topological polar surface area (TPSA) is 75.4 Å². The van der Waals surface area contributed by atoms with E-state index in [1.165, 1.54) is 12.1 Å². The Kier molecular flexibility index (Phi) is 5.01. The molecule has 1 aliphatic heterocycles. The Morgan fingerprint density at radius 3 is 2.64 bits per heavy atom. The van der Waals surface area contributed by atoms with E-state index in [1.807, 2.05) is 24.3 Å². The van der Waals surface area contributed by atoms with E-state index in [0.717, 1.165) is 17.2 Å². The van der Waals surface area contributed by atoms with Crippen LogP contribution in [0.5, 0.6) is 0 Å². The van der Waals surface area contributed by atoms with Gasteiger partial charge in [-0.15, -0.1) is 0 Å². The number of primary amides is 1. The van der Waals surface area contributed by atoms with E-state index in [1.54, 1.807) is 4.90 Å². The van der Waals surface area contributed by atoms with Gasteiger partial charge in [0, 0.05) is 11.6 Å². The van der Waals surface area contributed by atoms with E-state index in [9.17, 15) is 14.0 Å². The number of fused-ring (bicyclic) bond motifs is 1. The molecular formula is C18H17ClFN3O2. The molecule has 3 rings (SSSR count). The van der Waals surface area contributed by atoms with Gasteiger partial charge in [0.2, 0.25) is 11.8 Å². The predicted octanol–water partition coefficient (Wildman–Crippen LogP) is 2.33. The molecule has 1 atom stereocenters. The van der Waals surface area contributed by atoms with Crippen molar-refractivity contribution in [2.75, 3.05) is 11.9 Å². The molecule has 25 heavy (non-hydrogen) atoms. The zero-order valence-corrected chi connectivity index (χ0v) is 14.1. The van der Waals surface area contributed by atoms with Crippen LogP contribution in [0.3, 0.4) is 0 Å². The first-order valence-electron chi connectivity index (χ1n) is 7.79. The van der Waals surface area contributed by atoms with Gasteiger partial charge in [0.1, 0.15) is 5.82 Å². The van der Waals surface area contributed by atoms with E-state index in [4.69, 9.17) is 17.3 Å². The van der Waals surface area contributed by atoms with Gasteiger partial charge in [-0.25, -0.2) is 4.39 Å². The second-order valence-corrected chi connectivity index (χ2v) is 6.40. The average molecular weight is 362 g/mol. The highest BCUT2D eigenvalue weighted by atomic mass is 35.5. The number of amides is 2. The number of hydrogen-bond acceptors (Lipinski definition) is 3. The zero-order valence-electron chi connectivity index (χ0n) is 13.3. The number of carbonyl (C=O) groups excluding carboxylic acids is 2. The van der Waals surface area contributed by atoms with E-state index >= 15 is 0 Å². The zero-order chi connectivity index (χ0) is 18.0. The molecule has 5 nitrogen and oxygen atoms in total. The quantitative estimate of drug-likeness (QED) is 0.877. The third-order valence-electron chi connectivity index (χ3n) is 4.23. The van der Waals surface area contributed by atoms with Crippen molar-refractivity contribution in [1.82, 2.24) is 4.90 Å². The molecule has 2 amide bonds. The Morgan fingerprint density at radius 2 is 1.96 bits per heavy atom. The van der Waals surface area contributed by atoms with Gasteiger partial charge in [0.25, 0.3) is 0 Å². The van der Waals surface area contributed by atoms with Crippen molar-refractivity contribution >= 4 is 29.1 Å². The molecule has 2 aromatic rings. The number of anilines is 1. The lowest BCUT2D eigenvalue weighted by Crippen LogP contribution is -2.50. The minimum absolute atomic E-state index is 0.0439. The molecule has 0 spiro atoms. The molecule has 0 bridgehead atoms. The Morgan fingerprint density at radius 1 is 1.24 bits per heavy atom. The van der Waals surface area contributed by atoms with Gasteiger partial charge < -0.3 is 11.1 Å². The molecule has 2 aromatic carbocycles. The molecule has 0 saturated carbocycles. The van der Waals surface area contributed by atoms with Gasteiger partial charge in [-0.05, 0) is 35.7 Å². The summed E-state index contributed by atoms with van der Waals surface area (Å²) in [5.74, 6) is -1.52. The van der Waals surface area contributed by atoms with Gasteiger partial charge >= 0.3 is 0 Å². The molecular weight excluding hydrogens is 345 g/mol. The highest BCUT2D eigenvalue weighted by Crippen LogP contribution is 2.23. The Bertz CT molecular complexity index is 828. The fraction of sp³-hybridized carbons (Fsp3) is 0.222. The van der Waals surface area contributed by atoms with E-state index in [0.29, 0.717) is 13.0 Å². The Hall–Kier alpha value is -2.44. The van der Waals surface area contributed by atoms with E-state index in [-0.39, 0.29) is 17.3 Å². The molecule has 0 saturated heterocycles. The molecule has 0 aliphatic carbocycles. The maximum atomic E-state index is 13.8. The van der Waals surface area contributed by atoms with Crippen molar-refractivity contribution in [3.63, 3.8) is 0 Å². The largest absolute Gasteiger partial charge is 0.368 e. The highest BCUT2D eigenvalue weighted by Gasteiger charge is 2.31. The van der Waals surface area contributed by atoms with Crippen molar-refractivity contribution in [3.05, 3.63) is 64.4 Å². The fourth-order valence-electron chi connectivity index (χ4n) is 2.99. The van der Waals surface area contributed by atoms with Crippen molar-refractivity contribution in [1.29, 1.82) is 0 Å². The standard InChI is InChI=1S/C18H17ClFN3O2/c19-13-5-6-15(14(20)8-13)22-17(24)10-23-9-12-4-2-1-3-11(12)7-16(23)18(21)25/h1-6,8,16H,7,9-10H2,(H2,21,25)(H,22,24)/t16-/m0/s1. The highest BCUT2D eigenvalue weighted by molar-refractivity contribution is 6.30. The lowest BCUT2D eigenvalue weighted by Gasteiger charge is -2.34. The summed E-state index contributed by atoms with van der Waals surface area (Å²) in [7, 11) is 0. The monoisotopic (exact) mass is 361 g/mol. The number of halogens is 2. The van der Waals surface area contributed by atoms with Crippen LogP contribution in [0.4, 0.5) is 10.1 Å². The summed E-state index contributed by atoms with van der Waals surface area (Å²) in [6.07, 6.45) is 0.452. The number of carbonyl (C=O) groups is 2. The Balaban J connectivity index is 1.74. The Labute approximate surface area is 149 Å². The van der Waals surface area contributed by atoms with Gasteiger partial charge in [-0.2, -0.15) is 0 Å². The molecule has 0 radical (unpaired) electrons. The first-order chi connectivity index (χ1) is 11.9. The summed E-state index contributed by atoms with van der Waals surface area (Å²) < 4.78 is 13.8. The normalized spacial score (nSPS) is 17.0. The van der Waals surface area contributed by atoms with Crippen LogP contribution < -0.4 is 11.1 Å². The molecule has 3 N–H and O–H groups in total. The molecule has 1 aliphatic rings. The molecule has 0 fully saturated rings. The van der Waals surface area contributed by atoms with Crippen LogP contribution in [0.1, 0.15) is 11.1 Å². The smallest absolute Gasteiger partial charge is 0.238 e. The van der Waals surface area contributed by atoms with Crippen LogP contribution in [0.15, 0.2) is 42.5 Å². The summed E-state index contributed by atoms with van der Waals surface area (Å²) in [5.41, 5.74) is 7.64. The molecule has 0 unspecified atom stereocenters. The number of nitrogens with two attached hydrogens (primary N) is 1. The summed E-state index contributed by atoms with van der Waals surface area (Å²) >= 11 is 5.70. The molecule has 0 aromatic heterocycles.